The third kappa shape index (κ3) is 3.53. The number of hydrogen-bond acceptors (Lipinski definition) is 1. The average Bonchev–Trinajstić information content (AvgIpc) is 2.85. The first-order valence-corrected chi connectivity index (χ1v) is 6.89. The van der Waals surface area contributed by atoms with E-state index in [-0.39, 0.29) is 6.03 Å². The fraction of sp³-hybridized carbons (Fsp3) is 0.462. The summed E-state index contributed by atoms with van der Waals surface area (Å²) in [6.45, 7) is 2.33. The van der Waals surface area contributed by atoms with Crippen molar-refractivity contribution in [2.24, 2.45) is 0 Å². The van der Waals surface area contributed by atoms with E-state index in [2.05, 4.69) is 5.32 Å². The van der Waals surface area contributed by atoms with Gasteiger partial charge in [-0.1, -0.05) is 29.3 Å². The minimum absolute atomic E-state index is 0.0255. The maximum atomic E-state index is 11.7. The van der Waals surface area contributed by atoms with E-state index in [9.17, 15) is 4.79 Å². The van der Waals surface area contributed by atoms with Crippen molar-refractivity contribution in [2.45, 2.75) is 19.3 Å². The minimum Gasteiger partial charge on any atom is -0.338 e. The minimum atomic E-state index is 0.0255. The lowest BCUT2D eigenvalue weighted by atomic mass is 10.1. The molecule has 0 atom stereocenters. The number of amides is 2. The van der Waals surface area contributed by atoms with Crippen LogP contribution in [-0.2, 0) is 6.42 Å². The highest BCUT2D eigenvalue weighted by Gasteiger charge is 2.16. The summed E-state index contributed by atoms with van der Waals surface area (Å²) in [4.78, 5) is 13.6. The largest absolute Gasteiger partial charge is 0.338 e. The molecule has 98 valence electrons. The molecular weight excluding hydrogens is 271 g/mol. The molecule has 0 bridgehead atoms. The van der Waals surface area contributed by atoms with Gasteiger partial charge in [0.25, 0.3) is 0 Å². The molecule has 1 saturated heterocycles. The van der Waals surface area contributed by atoms with E-state index in [1.807, 2.05) is 17.0 Å². The summed E-state index contributed by atoms with van der Waals surface area (Å²) >= 11 is 11.9. The smallest absolute Gasteiger partial charge is 0.317 e. The number of rotatable bonds is 3. The van der Waals surface area contributed by atoms with Crippen LogP contribution in [0.25, 0.3) is 0 Å². The van der Waals surface area contributed by atoms with Crippen molar-refractivity contribution in [3.8, 4) is 0 Å². The van der Waals surface area contributed by atoms with E-state index in [4.69, 9.17) is 23.2 Å². The monoisotopic (exact) mass is 286 g/mol. The summed E-state index contributed by atoms with van der Waals surface area (Å²) < 4.78 is 0. The Morgan fingerprint density at radius 1 is 1.28 bits per heavy atom. The predicted octanol–water partition coefficient (Wildman–Crippen LogP) is 3.34. The molecule has 5 heteroatoms. The van der Waals surface area contributed by atoms with Crippen LogP contribution in [0.3, 0.4) is 0 Å². The number of halogens is 2. The Morgan fingerprint density at radius 2 is 2.00 bits per heavy atom. The normalized spacial score (nSPS) is 14.9. The molecule has 0 aromatic heterocycles. The predicted molar refractivity (Wildman–Crippen MR) is 74.4 cm³/mol. The fourth-order valence-corrected chi connectivity index (χ4v) is 2.56. The van der Waals surface area contributed by atoms with Crippen LogP contribution in [0.2, 0.25) is 10.0 Å². The van der Waals surface area contributed by atoms with Crippen molar-refractivity contribution in [3.05, 3.63) is 33.8 Å². The summed E-state index contributed by atoms with van der Waals surface area (Å²) in [6, 6.07) is 5.45. The number of carbonyl (C=O) groups is 1. The molecule has 1 aliphatic rings. The average molecular weight is 287 g/mol. The van der Waals surface area contributed by atoms with Gasteiger partial charge in [0.2, 0.25) is 0 Å². The molecule has 3 nitrogen and oxygen atoms in total. The highest BCUT2D eigenvalue weighted by Crippen LogP contribution is 2.21. The number of benzene rings is 1. The van der Waals surface area contributed by atoms with E-state index in [1.165, 1.54) is 0 Å². The Labute approximate surface area is 117 Å². The first-order chi connectivity index (χ1) is 8.66. The van der Waals surface area contributed by atoms with Gasteiger partial charge in [0.05, 0.1) is 0 Å². The SMILES string of the molecule is O=C(NCCc1ccc(Cl)cc1Cl)N1CCCC1. The second-order valence-electron chi connectivity index (χ2n) is 4.41. The van der Waals surface area contributed by atoms with Gasteiger partial charge in [-0.2, -0.15) is 0 Å². The zero-order valence-corrected chi connectivity index (χ0v) is 11.6. The quantitative estimate of drug-likeness (QED) is 0.908. The van der Waals surface area contributed by atoms with E-state index >= 15 is 0 Å². The van der Waals surface area contributed by atoms with Crippen molar-refractivity contribution in [3.63, 3.8) is 0 Å². The summed E-state index contributed by atoms with van der Waals surface area (Å²) in [5.74, 6) is 0. The zero-order valence-electron chi connectivity index (χ0n) is 10.1. The lowest BCUT2D eigenvalue weighted by molar-refractivity contribution is 0.209. The first-order valence-electron chi connectivity index (χ1n) is 6.13. The van der Waals surface area contributed by atoms with Crippen LogP contribution >= 0.6 is 23.2 Å². The topological polar surface area (TPSA) is 32.3 Å². The van der Waals surface area contributed by atoms with Crippen LogP contribution in [0.4, 0.5) is 4.79 Å². The Hall–Kier alpha value is -0.930. The maximum Gasteiger partial charge on any atom is 0.317 e. The molecular formula is C13H16Cl2N2O. The zero-order chi connectivity index (χ0) is 13.0. The molecule has 18 heavy (non-hydrogen) atoms. The van der Waals surface area contributed by atoms with E-state index < -0.39 is 0 Å². The van der Waals surface area contributed by atoms with Crippen molar-refractivity contribution >= 4 is 29.2 Å². The van der Waals surface area contributed by atoms with Crippen LogP contribution in [0.5, 0.6) is 0 Å². The van der Waals surface area contributed by atoms with Gasteiger partial charge in [-0.3, -0.25) is 0 Å². The summed E-state index contributed by atoms with van der Waals surface area (Å²) in [6.07, 6.45) is 2.93. The fourth-order valence-electron chi connectivity index (χ4n) is 2.06. The lowest BCUT2D eigenvalue weighted by Gasteiger charge is -2.16. The molecule has 0 saturated carbocycles. The molecule has 1 aromatic carbocycles. The first kappa shape index (κ1) is 13.5. The van der Waals surface area contributed by atoms with Crippen molar-refractivity contribution in [1.29, 1.82) is 0 Å². The standard InChI is InChI=1S/C13H16Cl2N2O/c14-11-4-3-10(12(15)9-11)5-6-16-13(18)17-7-1-2-8-17/h3-4,9H,1-2,5-8H2,(H,16,18). The van der Waals surface area contributed by atoms with Gasteiger partial charge in [-0.15, -0.1) is 0 Å². The van der Waals surface area contributed by atoms with Crippen LogP contribution < -0.4 is 5.32 Å². The van der Waals surface area contributed by atoms with Gasteiger partial charge >= 0.3 is 6.03 Å². The van der Waals surface area contributed by atoms with Crippen LogP contribution in [0.15, 0.2) is 18.2 Å². The van der Waals surface area contributed by atoms with Crippen LogP contribution in [0, 0.1) is 0 Å². The van der Waals surface area contributed by atoms with Crippen LogP contribution in [-0.4, -0.2) is 30.6 Å². The molecule has 2 amide bonds. The lowest BCUT2D eigenvalue weighted by Crippen LogP contribution is -2.38. The molecule has 1 N–H and O–H groups in total. The Morgan fingerprint density at radius 3 is 2.67 bits per heavy atom. The molecule has 2 rings (SSSR count). The van der Waals surface area contributed by atoms with Gasteiger partial charge in [-0.25, -0.2) is 4.79 Å². The number of nitrogens with zero attached hydrogens (tertiary/aromatic N) is 1. The third-order valence-corrected chi connectivity index (χ3v) is 3.67. The molecule has 1 aromatic rings. The molecule has 0 unspecified atom stereocenters. The van der Waals surface area contributed by atoms with Gasteiger partial charge in [0, 0.05) is 29.7 Å². The van der Waals surface area contributed by atoms with E-state index in [1.54, 1.807) is 6.07 Å². The molecule has 0 radical (unpaired) electrons. The van der Waals surface area contributed by atoms with Crippen molar-refractivity contribution in [1.82, 2.24) is 10.2 Å². The number of hydrogen-bond donors (Lipinski definition) is 1. The van der Waals surface area contributed by atoms with Gasteiger partial charge in [0.15, 0.2) is 0 Å². The van der Waals surface area contributed by atoms with Gasteiger partial charge in [-0.05, 0) is 37.0 Å². The molecule has 0 spiro atoms. The molecule has 1 aliphatic heterocycles. The second-order valence-corrected chi connectivity index (χ2v) is 5.26. The molecule has 0 aliphatic carbocycles. The summed E-state index contributed by atoms with van der Waals surface area (Å²) in [5.41, 5.74) is 1.00. The second kappa shape index (κ2) is 6.30. The highest BCUT2D eigenvalue weighted by molar-refractivity contribution is 6.35. The van der Waals surface area contributed by atoms with E-state index in [0.29, 0.717) is 16.6 Å². The van der Waals surface area contributed by atoms with Crippen LogP contribution in [0.1, 0.15) is 18.4 Å². The summed E-state index contributed by atoms with van der Waals surface area (Å²) in [7, 11) is 0. The summed E-state index contributed by atoms with van der Waals surface area (Å²) in [5, 5.41) is 4.19. The Bertz CT molecular complexity index is 431. The van der Waals surface area contributed by atoms with Crippen molar-refractivity contribution < 1.29 is 4.79 Å². The Balaban J connectivity index is 1.79. The highest BCUT2D eigenvalue weighted by atomic mass is 35.5. The number of carbonyl (C=O) groups excluding carboxylic acids is 1. The molecule has 1 fully saturated rings. The third-order valence-electron chi connectivity index (χ3n) is 3.08. The number of nitrogens with one attached hydrogen (secondary N) is 1. The molecule has 1 heterocycles. The van der Waals surface area contributed by atoms with E-state index in [0.717, 1.165) is 37.9 Å². The Kier molecular flexibility index (Phi) is 4.72. The van der Waals surface area contributed by atoms with Crippen molar-refractivity contribution in [2.75, 3.05) is 19.6 Å². The maximum absolute atomic E-state index is 11.7. The van der Waals surface area contributed by atoms with Gasteiger partial charge in [0.1, 0.15) is 0 Å². The number of likely N-dealkylation sites (tertiary alicyclic amines) is 1. The van der Waals surface area contributed by atoms with Gasteiger partial charge < -0.3 is 10.2 Å². The number of urea groups is 1.